The third kappa shape index (κ3) is 8.41. The van der Waals surface area contributed by atoms with E-state index in [-0.39, 0.29) is 11.9 Å². The molecule has 0 aliphatic heterocycles. The van der Waals surface area contributed by atoms with E-state index in [0.29, 0.717) is 55.0 Å². The highest BCUT2D eigenvalue weighted by Gasteiger charge is 2.31. The first-order valence-electron chi connectivity index (χ1n) is 15.4. The minimum absolute atomic E-state index is 0.143. The molecule has 0 amide bonds. The van der Waals surface area contributed by atoms with Crippen LogP contribution < -0.4 is 20.1 Å². The van der Waals surface area contributed by atoms with Crippen LogP contribution in [0.5, 0.6) is 11.6 Å². The molecule has 0 radical (unpaired) electrons. The first-order chi connectivity index (χ1) is 21.7. The van der Waals surface area contributed by atoms with Crippen molar-refractivity contribution in [2.24, 2.45) is 0 Å². The molecule has 5 rings (SSSR count). The van der Waals surface area contributed by atoms with E-state index < -0.39 is 44.2 Å². The Labute approximate surface area is 261 Å². The molecule has 45 heavy (non-hydrogen) atoms. The van der Waals surface area contributed by atoms with Crippen LogP contribution in [-0.2, 0) is 14.8 Å². The number of hydrogen-bond acceptors (Lipinski definition) is 9. The van der Waals surface area contributed by atoms with Gasteiger partial charge in [0.15, 0.2) is 17.4 Å². The van der Waals surface area contributed by atoms with Crippen molar-refractivity contribution in [2.45, 2.75) is 81.5 Å². The summed E-state index contributed by atoms with van der Waals surface area (Å²) in [7, 11) is -2.41. The zero-order valence-corrected chi connectivity index (χ0v) is 26.0. The van der Waals surface area contributed by atoms with E-state index >= 15 is 13.2 Å². The molecule has 2 aromatic heterocycles. The van der Waals surface area contributed by atoms with Gasteiger partial charge >= 0.3 is 0 Å². The van der Waals surface area contributed by atoms with E-state index in [1.165, 1.54) is 6.20 Å². The lowest BCUT2D eigenvalue weighted by Gasteiger charge is -2.29. The molecule has 2 aliphatic rings. The van der Waals surface area contributed by atoms with E-state index in [1.807, 2.05) is 4.72 Å². The Morgan fingerprint density at radius 2 is 1.69 bits per heavy atom. The molecular formula is C31H39F3N6O4S. The fourth-order valence-electron chi connectivity index (χ4n) is 5.84. The lowest BCUT2D eigenvalue weighted by atomic mass is 9.91. The van der Waals surface area contributed by atoms with Crippen molar-refractivity contribution in [1.82, 2.24) is 20.3 Å². The number of anilines is 2. The average Bonchev–Trinajstić information content (AvgIpc) is 3.05. The fourth-order valence-corrected chi connectivity index (χ4v) is 7.43. The number of sulfonamides is 1. The molecular weight excluding hydrogens is 609 g/mol. The molecule has 14 heteroatoms. The molecule has 2 saturated carbocycles. The van der Waals surface area contributed by atoms with E-state index in [4.69, 9.17) is 9.47 Å². The third-order valence-electron chi connectivity index (χ3n) is 8.29. The number of methoxy groups -OCH3 is 1. The summed E-state index contributed by atoms with van der Waals surface area (Å²) in [5.41, 5.74) is -0.328. The van der Waals surface area contributed by atoms with Crippen LogP contribution >= 0.6 is 0 Å². The highest BCUT2D eigenvalue weighted by atomic mass is 32.2. The van der Waals surface area contributed by atoms with Gasteiger partial charge in [-0.1, -0.05) is 19.3 Å². The molecule has 0 bridgehead atoms. The molecule has 0 spiro atoms. The van der Waals surface area contributed by atoms with Gasteiger partial charge in [0.25, 0.3) is 0 Å². The number of ether oxygens (including phenoxy) is 2. The first-order valence-corrected chi connectivity index (χ1v) is 16.9. The number of nitrogens with zero attached hydrogens (tertiary/aromatic N) is 3. The maximum Gasteiger partial charge on any atom is 0.235 e. The van der Waals surface area contributed by atoms with Crippen molar-refractivity contribution in [2.75, 3.05) is 30.3 Å². The van der Waals surface area contributed by atoms with Gasteiger partial charge in [0.1, 0.15) is 5.69 Å². The monoisotopic (exact) mass is 648 g/mol. The summed E-state index contributed by atoms with van der Waals surface area (Å²) in [6, 6.07) is 6.13. The van der Waals surface area contributed by atoms with Crippen LogP contribution in [0.2, 0.25) is 0 Å². The van der Waals surface area contributed by atoms with Gasteiger partial charge in [0, 0.05) is 44.3 Å². The van der Waals surface area contributed by atoms with E-state index in [1.54, 1.807) is 31.5 Å². The Kier molecular flexibility index (Phi) is 11.1. The van der Waals surface area contributed by atoms with Gasteiger partial charge in [-0.2, -0.15) is 4.39 Å². The number of nitrogens with one attached hydrogen (secondary N) is 3. The van der Waals surface area contributed by atoms with Crippen molar-refractivity contribution in [3.63, 3.8) is 0 Å². The molecule has 2 aliphatic carbocycles. The Bertz CT molecular complexity index is 1550. The van der Waals surface area contributed by atoms with Crippen molar-refractivity contribution in [3.05, 3.63) is 54.1 Å². The van der Waals surface area contributed by atoms with Crippen molar-refractivity contribution in [1.29, 1.82) is 0 Å². The second kappa shape index (κ2) is 15.2. The van der Waals surface area contributed by atoms with E-state index in [2.05, 4.69) is 25.6 Å². The van der Waals surface area contributed by atoms with Crippen LogP contribution in [0.25, 0.3) is 11.3 Å². The van der Waals surface area contributed by atoms with Crippen LogP contribution in [0.1, 0.15) is 64.2 Å². The maximum atomic E-state index is 15.2. The Balaban J connectivity index is 1.27. The summed E-state index contributed by atoms with van der Waals surface area (Å²) in [5, 5.41) is 6.16. The molecule has 244 valence electrons. The summed E-state index contributed by atoms with van der Waals surface area (Å²) in [6.45, 7) is 1.66. The minimum Gasteiger partial charge on any atom is -0.435 e. The largest absolute Gasteiger partial charge is 0.435 e. The quantitative estimate of drug-likeness (QED) is 0.147. The van der Waals surface area contributed by atoms with Crippen molar-refractivity contribution >= 4 is 21.7 Å². The zero-order chi connectivity index (χ0) is 31.8. The lowest BCUT2D eigenvalue weighted by Crippen LogP contribution is -2.37. The van der Waals surface area contributed by atoms with Crippen molar-refractivity contribution < 1.29 is 31.1 Å². The molecule has 0 saturated heterocycles. The molecule has 1 aromatic carbocycles. The lowest BCUT2D eigenvalue weighted by molar-refractivity contribution is 0.192. The summed E-state index contributed by atoms with van der Waals surface area (Å²) in [4.78, 5) is 13.1. The van der Waals surface area contributed by atoms with E-state index in [0.717, 1.165) is 51.7 Å². The Morgan fingerprint density at radius 3 is 2.44 bits per heavy atom. The Hall–Kier alpha value is -3.49. The van der Waals surface area contributed by atoms with Gasteiger partial charge in [-0.25, -0.2) is 32.2 Å². The van der Waals surface area contributed by atoms with Gasteiger partial charge in [-0.05, 0) is 69.7 Å². The zero-order valence-electron chi connectivity index (χ0n) is 25.2. The van der Waals surface area contributed by atoms with Gasteiger partial charge in [0.2, 0.25) is 27.7 Å². The number of aromatic nitrogens is 3. The Morgan fingerprint density at radius 1 is 0.933 bits per heavy atom. The van der Waals surface area contributed by atoms with Crippen LogP contribution in [-0.4, -0.2) is 61.0 Å². The van der Waals surface area contributed by atoms with Crippen LogP contribution in [0, 0.1) is 17.5 Å². The summed E-state index contributed by atoms with van der Waals surface area (Å²) in [6.07, 6.45) is 10.9. The molecule has 0 atom stereocenters. The number of halogens is 3. The maximum absolute atomic E-state index is 15.2. The van der Waals surface area contributed by atoms with Gasteiger partial charge in [0.05, 0.1) is 16.5 Å². The topological polar surface area (TPSA) is 127 Å². The van der Waals surface area contributed by atoms with Crippen molar-refractivity contribution in [3.8, 4) is 22.9 Å². The second-order valence-corrected chi connectivity index (χ2v) is 13.4. The fraction of sp³-hybridized carbons (Fsp3) is 0.516. The molecule has 10 nitrogen and oxygen atoms in total. The summed E-state index contributed by atoms with van der Waals surface area (Å²) in [5.74, 6) is -5.09. The molecule has 0 unspecified atom stereocenters. The molecule has 3 N–H and O–H groups in total. The number of pyridine rings is 1. The first kappa shape index (κ1) is 32.9. The third-order valence-corrected chi connectivity index (χ3v) is 10.1. The molecule has 2 fully saturated rings. The number of rotatable bonds is 13. The van der Waals surface area contributed by atoms with Crippen LogP contribution in [0.15, 0.2) is 36.7 Å². The normalized spacial score (nSPS) is 19.3. The summed E-state index contributed by atoms with van der Waals surface area (Å²) < 4.78 is 83.3. The van der Waals surface area contributed by atoms with Gasteiger partial charge in [-0.3, -0.25) is 4.72 Å². The minimum atomic E-state index is -4.11. The van der Waals surface area contributed by atoms with Gasteiger partial charge in [-0.15, -0.1) is 0 Å². The van der Waals surface area contributed by atoms with Crippen LogP contribution in [0.3, 0.4) is 0 Å². The smallest absolute Gasteiger partial charge is 0.235 e. The van der Waals surface area contributed by atoms with Gasteiger partial charge < -0.3 is 20.1 Å². The number of hydrogen-bond donors (Lipinski definition) is 3. The number of benzene rings is 1. The highest BCUT2D eigenvalue weighted by molar-refractivity contribution is 7.93. The standard InChI is InChI=1S/C31H39F3N6O4S/c1-43-18-6-16-35-20-10-12-21(13-11-20)38-31-37-17-14-25(39-31)23-9-5-15-36-30(23)44-26-19-24(32)29(28(34)27(26)33)40-45(41,42)22-7-3-2-4-8-22/h5,9,14-15,17,19-22,35,40H,2-4,6-8,10-13,16,18H2,1H3,(H,37,38,39). The van der Waals surface area contributed by atoms with Crippen LogP contribution in [0.4, 0.5) is 24.8 Å². The highest BCUT2D eigenvalue weighted by Crippen LogP contribution is 2.36. The average molecular weight is 649 g/mol. The van der Waals surface area contributed by atoms with E-state index in [9.17, 15) is 8.42 Å². The SMILES string of the molecule is COCCCNC1CCC(Nc2nccc(-c3cccnc3Oc3cc(F)c(NS(=O)(=O)C4CCCCC4)c(F)c3F)n2)CC1. The molecule has 3 aromatic rings. The predicted octanol–water partition coefficient (Wildman–Crippen LogP) is 6.17. The molecule has 2 heterocycles. The second-order valence-electron chi connectivity index (χ2n) is 11.5. The summed E-state index contributed by atoms with van der Waals surface area (Å²) >= 11 is 0. The predicted molar refractivity (Wildman–Crippen MR) is 165 cm³/mol.